The van der Waals surface area contributed by atoms with E-state index in [0.717, 1.165) is 0 Å². The van der Waals surface area contributed by atoms with Crippen molar-refractivity contribution < 1.29 is 22.7 Å². The molecule has 0 aliphatic rings. The molecule has 0 spiro atoms. The van der Waals surface area contributed by atoms with E-state index < -0.39 is 21.6 Å². The summed E-state index contributed by atoms with van der Waals surface area (Å²) in [6.07, 6.45) is 2.62. The van der Waals surface area contributed by atoms with Gasteiger partial charge in [0, 0.05) is 5.56 Å². The first-order valence-electron chi connectivity index (χ1n) is 3.43. The van der Waals surface area contributed by atoms with Gasteiger partial charge in [-0.05, 0) is 6.07 Å². The van der Waals surface area contributed by atoms with Crippen LogP contribution in [0.2, 0.25) is 0 Å². The second-order valence-corrected chi connectivity index (χ2v) is 4.62. The molecule has 0 bridgehead atoms. The van der Waals surface area contributed by atoms with Crippen molar-refractivity contribution in [3.63, 3.8) is 0 Å². The van der Waals surface area contributed by atoms with E-state index in [2.05, 4.69) is 4.42 Å². The van der Waals surface area contributed by atoms with Gasteiger partial charge in [-0.3, -0.25) is 4.79 Å². The van der Waals surface area contributed by atoms with Crippen molar-refractivity contribution >= 4 is 15.8 Å². The Labute approximate surface area is 74.9 Å². The predicted octanol–water partition coefficient (Wildman–Crippen LogP) is 0.279. The number of carboxylic acid groups (broad SMARTS) is 1. The maximum atomic E-state index is 11.1. The molecule has 0 fully saturated rings. The van der Waals surface area contributed by atoms with E-state index in [1.54, 1.807) is 0 Å². The Morgan fingerprint density at radius 3 is 2.69 bits per heavy atom. The summed E-state index contributed by atoms with van der Waals surface area (Å²) in [7, 11) is -3.56. The molecule has 1 heterocycles. The summed E-state index contributed by atoms with van der Waals surface area (Å²) >= 11 is 0. The highest BCUT2D eigenvalue weighted by Crippen LogP contribution is 2.06. The zero-order valence-electron chi connectivity index (χ0n) is 6.63. The minimum Gasteiger partial charge on any atom is -0.480 e. The lowest BCUT2D eigenvalue weighted by atomic mass is 10.4. The fourth-order valence-electron chi connectivity index (χ4n) is 0.868. The average Bonchev–Trinajstić information content (AvgIpc) is 2.34. The van der Waals surface area contributed by atoms with E-state index in [-0.39, 0.29) is 5.75 Å². The van der Waals surface area contributed by atoms with Gasteiger partial charge in [-0.2, -0.15) is 0 Å². The molecule has 0 unspecified atom stereocenters. The molecule has 1 aromatic rings. The SMILES string of the molecule is O=C(O)CS(=O)(=O)Cc1ccoc1. The normalized spacial score (nSPS) is 11.4. The summed E-state index contributed by atoms with van der Waals surface area (Å²) in [5.74, 6) is -2.49. The van der Waals surface area contributed by atoms with Crippen LogP contribution in [0.25, 0.3) is 0 Å². The molecule has 0 atom stereocenters. The van der Waals surface area contributed by atoms with Crippen LogP contribution in [0.5, 0.6) is 0 Å². The molecular formula is C7H8O5S. The first kappa shape index (κ1) is 9.79. The van der Waals surface area contributed by atoms with Gasteiger partial charge in [-0.25, -0.2) is 8.42 Å². The molecule has 0 saturated carbocycles. The van der Waals surface area contributed by atoms with E-state index >= 15 is 0 Å². The van der Waals surface area contributed by atoms with E-state index in [4.69, 9.17) is 5.11 Å². The number of rotatable bonds is 4. The number of aliphatic carboxylic acids is 1. The summed E-state index contributed by atoms with van der Waals surface area (Å²) in [4.78, 5) is 10.1. The number of sulfone groups is 1. The molecular weight excluding hydrogens is 196 g/mol. The third-order valence-corrected chi connectivity index (χ3v) is 2.77. The molecule has 0 radical (unpaired) electrons. The van der Waals surface area contributed by atoms with Crippen molar-refractivity contribution in [1.29, 1.82) is 0 Å². The molecule has 0 amide bonds. The van der Waals surface area contributed by atoms with Gasteiger partial charge in [0.1, 0.15) is 5.75 Å². The molecule has 5 nitrogen and oxygen atoms in total. The van der Waals surface area contributed by atoms with Gasteiger partial charge in [-0.15, -0.1) is 0 Å². The smallest absolute Gasteiger partial charge is 0.318 e. The van der Waals surface area contributed by atoms with Crippen LogP contribution in [0.3, 0.4) is 0 Å². The van der Waals surface area contributed by atoms with Crippen LogP contribution in [0, 0.1) is 0 Å². The molecule has 0 aliphatic heterocycles. The summed E-state index contributed by atoms with van der Waals surface area (Å²) in [6, 6.07) is 1.49. The number of carboxylic acids is 1. The first-order valence-corrected chi connectivity index (χ1v) is 5.25. The topological polar surface area (TPSA) is 84.6 Å². The molecule has 0 aromatic carbocycles. The Hall–Kier alpha value is -1.30. The molecule has 0 saturated heterocycles. The molecule has 1 N–H and O–H groups in total. The Morgan fingerprint density at radius 2 is 2.23 bits per heavy atom. The van der Waals surface area contributed by atoms with E-state index in [9.17, 15) is 13.2 Å². The Bertz CT molecular complexity index is 375. The van der Waals surface area contributed by atoms with Gasteiger partial charge in [0.15, 0.2) is 9.84 Å². The second kappa shape index (κ2) is 3.61. The van der Waals surface area contributed by atoms with Crippen LogP contribution in [0.1, 0.15) is 5.56 Å². The largest absolute Gasteiger partial charge is 0.480 e. The summed E-state index contributed by atoms with van der Waals surface area (Å²) < 4.78 is 26.8. The molecule has 6 heteroatoms. The van der Waals surface area contributed by atoms with Crippen LogP contribution in [0.4, 0.5) is 0 Å². The standard InChI is InChI=1S/C7H8O5S/c8-7(9)5-13(10,11)4-6-1-2-12-3-6/h1-3H,4-5H2,(H,8,9). The number of hydrogen-bond donors (Lipinski definition) is 1. The molecule has 0 aliphatic carbocycles. The number of furan rings is 1. The van der Waals surface area contributed by atoms with Crippen LogP contribution in [-0.2, 0) is 20.4 Å². The van der Waals surface area contributed by atoms with Gasteiger partial charge in [0.2, 0.25) is 0 Å². The summed E-state index contributed by atoms with van der Waals surface area (Å²) in [5, 5.41) is 8.28. The highest BCUT2D eigenvalue weighted by molar-refractivity contribution is 7.91. The number of carbonyl (C=O) groups is 1. The lowest BCUT2D eigenvalue weighted by Crippen LogP contribution is -2.16. The van der Waals surface area contributed by atoms with Crippen molar-refractivity contribution in [3.8, 4) is 0 Å². The quantitative estimate of drug-likeness (QED) is 0.761. The first-order chi connectivity index (χ1) is 5.99. The third kappa shape index (κ3) is 3.29. The van der Waals surface area contributed by atoms with Crippen LogP contribution >= 0.6 is 0 Å². The Morgan fingerprint density at radius 1 is 1.54 bits per heavy atom. The molecule has 72 valence electrons. The fourth-order valence-corrected chi connectivity index (χ4v) is 2.02. The minimum atomic E-state index is -3.56. The summed E-state index contributed by atoms with van der Waals surface area (Å²) in [5.41, 5.74) is 0.459. The average molecular weight is 204 g/mol. The zero-order valence-corrected chi connectivity index (χ0v) is 7.45. The van der Waals surface area contributed by atoms with E-state index in [1.807, 2.05) is 0 Å². The molecule has 13 heavy (non-hydrogen) atoms. The monoisotopic (exact) mass is 204 g/mol. The van der Waals surface area contributed by atoms with Crippen LogP contribution < -0.4 is 0 Å². The van der Waals surface area contributed by atoms with Gasteiger partial charge >= 0.3 is 5.97 Å². The van der Waals surface area contributed by atoms with E-state index in [1.165, 1.54) is 18.6 Å². The van der Waals surface area contributed by atoms with Gasteiger partial charge in [-0.1, -0.05) is 0 Å². The van der Waals surface area contributed by atoms with Gasteiger partial charge < -0.3 is 9.52 Å². The highest BCUT2D eigenvalue weighted by atomic mass is 32.2. The number of hydrogen-bond acceptors (Lipinski definition) is 4. The third-order valence-electron chi connectivity index (χ3n) is 1.31. The lowest BCUT2D eigenvalue weighted by molar-refractivity contribution is -0.134. The van der Waals surface area contributed by atoms with Gasteiger partial charge in [0.25, 0.3) is 0 Å². The Kier molecular flexibility index (Phi) is 2.72. The minimum absolute atomic E-state index is 0.296. The fraction of sp³-hybridized carbons (Fsp3) is 0.286. The maximum absolute atomic E-state index is 11.1. The Balaban J connectivity index is 2.68. The zero-order chi connectivity index (χ0) is 9.90. The van der Waals surface area contributed by atoms with E-state index in [0.29, 0.717) is 5.56 Å². The van der Waals surface area contributed by atoms with Crippen molar-refractivity contribution in [1.82, 2.24) is 0 Å². The summed E-state index contributed by atoms with van der Waals surface area (Å²) in [6.45, 7) is 0. The maximum Gasteiger partial charge on any atom is 0.318 e. The molecule has 1 rings (SSSR count). The van der Waals surface area contributed by atoms with Crippen LogP contribution in [-0.4, -0.2) is 25.2 Å². The van der Waals surface area contributed by atoms with Crippen LogP contribution in [0.15, 0.2) is 23.0 Å². The highest BCUT2D eigenvalue weighted by Gasteiger charge is 2.16. The van der Waals surface area contributed by atoms with Crippen molar-refractivity contribution in [2.24, 2.45) is 0 Å². The van der Waals surface area contributed by atoms with Gasteiger partial charge in [0.05, 0.1) is 18.3 Å². The van der Waals surface area contributed by atoms with Crippen molar-refractivity contribution in [2.75, 3.05) is 5.75 Å². The lowest BCUT2D eigenvalue weighted by Gasteiger charge is -1.97. The van der Waals surface area contributed by atoms with Crippen molar-refractivity contribution in [2.45, 2.75) is 5.75 Å². The molecule has 1 aromatic heterocycles. The second-order valence-electron chi connectivity index (χ2n) is 2.56. The van der Waals surface area contributed by atoms with Crippen molar-refractivity contribution in [3.05, 3.63) is 24.2 Å². The predicted molar refractivity (Wildman–Crippen MR) is 43.8 cm³/mol.